The lowest BCUT2D eigenvalue weighted by atomic mass is 9.62. The van der Waals surface area contributed by atoms with Crippen LogP contribution < -0.4 is 9.79 Å². The maximum atomic E-state index is 13.0. The molecule has 2 atom stereocenters. The van der Waals surface area contributed by atoms with Crippen LogP contribution in [-0.2, 0) is 31.8 Å². The fourth-order valence-electron chi connectivity index (χ4n) is 8.19. The van der Waals surface area contributed by atoms with Crippen LogP contribution in [-0.4, -0.2) is 0 Å². The first-order valence-corrected chi connectivity index (χ1v) is 20.5. The minimum Gasteiger partial charge on any atom is -0.820 e. The highest BCUT2D eigenvalue weighted by atomic mass is 31.2. The zero-order valence-electron chi connectivity index (χ0n) is 33.2. The maximum absolute atomic E-state index is 13.0. The molecule has 0 aliphatic heterocycles. The fraction of sp³-hybridized carbons (Fsp3) is 0.565. The Morgan fingerprint density at radius 3 is 1.58 bits per heavy atom. The second-order valence-corrected chi connectivity index (χ2v) is 18.5. The van der Waals surface area contributed by atoms with Crippen LogP contribution in [0.4, 0.5) is 0 Å². The third kappa shape index (κ3) is 7.19. The Labute approximate surface area is 305 Å². The minimum absolute atomic E-state index is 0.0681. The average molecular weight is 695 g/mol. The Morgan fingerprint density at radius 1 is 0.600 bits per heavy atom. The van der Waals surface area contributed by atoms with Crippen molar-refractivity contribution >= 4 is 30.1 Å². The van der Waals surface area contributed by atoms with Crippen molar-refractivity contribution in [3.05, 3.63) is 94.0 Å². The molecule has 2 unspecified atom stereocenters. The summed E-state index contributed by atoms with van der Waals surface area (Å²) in [6, 6.07) is 23.3. The average Bonchev–Trinajstić information content (AvgIpc) is 3.09. The summed E-state index contributed by atoms with van der Waals surface area (Å²) in [6.45, 7) is 27.6. The van der Waals surface area contributed by atoms with Crippen molar-refractivity contribution in [2.24, 2.45) is 0 Å². The highest BCUT2D eigenvalue weighted by Crippen LogP contribution is 2.58. The first-order chi connectivity index (χ1) is 23.4. The summed E-state index contributed by atoms with van der Waals surface area (Å²) in [5.74, 6) is -0.122. The second kappa shape index (κ2) is 14.3. The lowest BCUT2D eigenvalue weighted by molar-refractivity contribution is -0.329. The topological polar surface area (TPSA) is 55.3 Å². The van der Waals surface area contributed by atoms with Crippen LogP contribution in [0, 0.1) is 0 Å². The highest BCUT2D eigenvalue weighted by Gasteiger charge is 2.48. The third-order valence-corrected chi connectivity index (χ3v) is 13.9. The molecule has 0 N–H and O–H groups in total. The zero-order chi connectivity index (χ0) is 36.9. The molecule has 1 fully saturated rings. The van der Waals surface area contributed by atoms with E-state index in [0.717, 1.165) is 55.9 Å². The molecular weight excluding hydrogens is 631 g/mol. The third-order valence-electron chi connectivity index (χ3n) is 13.5. The van der Waals surface area contributed by atoms with E-state index in [1.165, 1.54) is 44.0 Å². The van der Waals surface area contributed by atoms with E-state index in [1.807, 2.05) is 0 Å². The Kier molecular flexibility index (Phi) is 11.1. The predicted molar refractivity (Wildman–Crippen MR) is 212 cm³/mol. The number of benzene rings is 4. The molecule has 5 rings (SSSR count). The standard InChI is InChI=1S/C46H63O3P/c1-13-42(5,6)35-22-20-31-27-37(39(29-33(31)25-35)44(9,10)15-3)38-19-17-18-24-46(38,49-50(47)48)41-28-32-21-23-36(43(7,8)14-2)26-34(32)30-40(41)45(11,12)16-4/h20-23,25-30,38H,13-19,24H2,1-12H3/q-2. The molecule has 1 saturated carbocycles. The molecule has 0 spiro atoms. The van der Waals surface area contributed by atoms with E-state index in [0.29, 0.717) is 6.42 Å². The van der Waals surface area contributed by atoms with Crippen LogP contribution in [0.5, 0.6) is 0 Å². The number of rotatable bonds is 12. The van der Waals surface area contributed by atoms with E-state index < -0.39 is 14.2 Å². The second-order valence-electron chi connectivity index (χ2n) is 17.9. The zero-order valence-corrected chi connectivity index (χ0v) is 34.1. The smallest absolute Gasteiger partial charge is 0.101 e. The first-order valence-electron chi connectivity index (χ1n) is 19.4. The van der Waals surface area contributed by atoms with E-state index >= 15 is 0 Å². The van der Waals surface area contributed by atoms with Crippen LogP contribution >= 0.6 is 8.60 Å². The van der Waals surface area contributed by atoms with Gasteiger partial charge in [0.05, 0.1) is 0 Å². The van der Waals surface area contributed by atoms with Crippen molar-refractivity contribution in [1.82, 2.24) is 0 Å². The molecule has 1 aliphatic carbocycles. The van der Waals surface area contributed by atoms with Crippen molar-refractivity contribution in [1.29, 1.82) is 0 Å². The number of hydrogen-bond donors (Lipinski definition) is 0. The van der Waals surface area contributed by atoms with Gasteiger partial charge in [-0.05, 0) is 121 Å². The normalized spacial score (nSPS) is 19.5. The van der Waals surface area contributed by atoms with Gasteiger partial charge in [-0.1, -0.05) is 151 Å². The maximum Gasteiger partial charge on any atom is 0.101 e. The molecule has 3 nitrogen and oxygen atoms in total. The van der Waals surface area contributed by atoms with Crippen molar-refractivity contribution in [3.63, 3.8) is 0 Å². The largest absolute Gasteiger partial charge is 0.820 e. The van der Waals surface area contributed by atoms with E-state index in [1.54, 1.807) is 0 Å². The molecule has 4 heteroatoms. The van der Waals surface area contributed by atoms with Crippen molar-refractivity contribution in [2.75, 3.05) is 0 Å². The molecule has 272 valence electrons. The SMILES string of the molecule is CCC(C)(C)c1ccc2cc(C3CCCCC3(OP([O-])[O-])c3cc4ccc(C(C)(C)CC)cc4cc3C(C)(C)CC)c(C(C)(C)CC)cc2c1. The van der Waals surface area contributed by atoms with Crippen LogP contribution in [0.15, 0.2) is 60.7 Å². The molecule has 4 aromatic rings. The van der Waals surface area contributed by atoms with Gasteiger partial charge in [0.15, 0.2) is 0 Å². The van der Waals surface area contributed by atoms with Gasteiger partial charge in [0.25, 0.3) is 0 Å². The molecule has 1 aliphatic rings. The van der Waals surface area contributed by atoms with Crippen LogP contribution in [0.2, 0.25) is 0 Å². The summed E-state index contributed by atoms with van der Waals surface area (Å²) in [5.41, 5.74) is 6.32. The van der Waals surface area contributed by atoms with Crippen LogP contribution in [0.3, 0.4) is 0 Å². The van der Waals surface area contributed by atoms with Gasteiger partial charge in [-0.2, -0.15) is 8.60 Å². The van der Waals surface area contributed by atoms with Gasteiger partial charge in [0.1, 0.15) is 5.60 Å². The van der Waals surface area contributed by atoms with Gasteiger partial charge in [-0.25, -0.2) is 0 Å². The number of fused-ring (bicyclic) bond motifs is 2. The summed E-state index contributed by atoms with van der Waals surface area (Å²) in [5, 5.41) is 4.81. The van der Waals surface area contributed by atoms with Gasteiger partial charge in [-0.15, -0.1) is 0 Å². The van der Waals surface area contributed by atoms with Gasteiger partial charge < -0.3 is 14.3 Å². The molecule has 0 aromatic heterocycles. The molecule has 50 heavy (non-hydrogen) atoms. The van der Waals surface area contributed by atoms with Gasteiger partial charge in [-0.3, -0.25) is 0 Å². The molecule has 0 heterocycles. The van der Waals surface area contributed by atoms with E-state index in [-0.39, 0.29) is 27.6 Å². The van der Waals surface area contributed by atoms with E-state index in [2.05, 4.69) is 144 Å². The minimum atomic E-state index is -3.13. The summed E-state index contributed by atoms with van der Waals surface area (Å²) in [4.78, 5) is 26.1. The summed E-state index contributed by atoms with van der Waals surface area (Å²) in [7, 11) is -3.13. The Hall–Kier alpha value is -2.29. The lowest BCUT2D eigenvalue weighted by Crippen LogP contribution is -2.43. The lowest BCUT2D eigenvalue weighted by Gasteiger charge is -2.52. The van der Waals surface area contributed by atoms with Gasteiger partial charge in [0.2, 0.25) is 0 Å². The van der Waals surface area contributed by atoms with Crippen LogP contribution in [0.1, 0.15) is 174 Å². The van der Waals surface area contributed by atoms with E-state index in [4.69, 9.17) is 4.52 Å². The Balaban J connectivity index is 1.85. The highest BCUT2D eigenvalue weighted by molar-refractivity contribution is 7.36. The van der Waals surface area contributed by atoms with Crippen molar-refractivity contribution in [3.8, 4) is 0 Å². The fourth-order valence-corrected chi connectivity index (χ4v) is 8.78. The Morgan fingerprint density at radius 2 is 1.08 bits per heavy atom. The van der Waals surface area contributed by atoms with Crippen molar-refractivity contribution < 1.29 is 14.3 Å². The summed E-state index contributed by atoms with van der Waals surface area (Å²) >= 11 is 0. The van der Waals surface area contributed by atoms with Gasteiger partial charge in [0, 0.05) is 5.92 Å². The summed E-state index contributed by atoms with van der Waals surface area (Å²) < 4.78 is 6.50. The van der Waals surface area contributed by atoms with Crippen molar-refractivity contribution in [2.45, 2.75) is 168 Å². The predicted octanol–water partition coefficient (Wildman–Crippen LogP) is 12.3. The first kappa shape index (κ1) is 38.9. The molecule has 0 saturated heterocycles. The quantitative estimate of drug-likeness (QED) is 0.139. The Bertz CT molecular complexity index is 1830. The molecule has 0 bridgehead atoms. The monoisotopic (exact) mass is 694 g/mol. The molecule has 4 aromatic carbocycles. The van der Waals surface area contributed by atoms with E-state index in [9.17, 15) is 9.79 Å². The molecular formula is C46H63O3P-2. The van der Waals surface area contributed by atoms with Crippen LogP contribution in [0.25, 0.3) is 21.5 Å². The molecule has 0 radical (unpaired) electrons. The molecule has 0 amide bonds. The van der Waals surface area contributed by atoms with Gasteiger partial charge >= 0.3 is 0 Å². The summed E-state index contributed by atoms with van der Waals surface area (Å²) in [6.07, 6.45) is 7.51. The number of hydrogen-bond acceptors (Lipinski definition) is 3.